The normalized spacial score (nSPS) is 11.6. The molecular formula is C14H18O5. The lowest BCUT2D eigenvalue weighted by Crippen LogP contribution is -2.32. The van der Waals surface area contributed by atoms with Crippen LogP contribution in [-0.4, -0.2) is 28.3 Å². The Balaban J connectivity index is 2.69. The van der Waals surface area contributed by atoms with E-state index in [4.69, 9.17) is 14.9 Å². The quantitative estimate of drug-likeness (QED) is 0.797. The van der Waals surface area contributed by atoms with Gasteiger partial charge in [0.1, 0.15) is 0 Å². The van der Waals surface area contributed by atoms with E-state index < -0.39 is 18.0 Å². The van der Waals surface area contributed by atoms with Gasteiger partial charge in [-0.05, 0) is 16.5 Å². The van der Waals surface area contributed by atoms with Crippen LogP contribution < -0.4 is 0 Å². The molecule has 5 heteroatoms. The topological polar surface area (TPSA) is 83.8 Å². The second kappa shape index (κ2) is 5.84. The lowest BCUT2D eigenvalue weighted by molar-refractivity contribution is -0.166. The van der Waals surface area contributed by atoms with Gasteiger partial charge < -0.3 is 14.9 Å². The molecule has 0 heterocycles. The molecule has 0 fully saturated rings. The summed E-state index contributed by atoms with van der Waals surface area (Å²) >= 11 is 0. The minimum Gasteiger partial charge on any atom is -0.479 e. The number of hydrogen-bond acceptors (Lipinski definition) is 3. The molecule has 0 atom stereocenters. The summed E-state index contributed by atoms with van der Waals surface area (Å²) < 4.78 is 4.88. The number of benzene rings is 1. The third-order valence-electron chi connectivity index (χ3n) is 2.69. The van der Waals surface area contributed by atoms with Crippen LogP contribution in [0.1, 0.15) is 31.9 Å². The van der Waals surface area contributed by atoms with E-state index in [1.807, 2.05) is 12.1 Å². The molecule has 19 heavy (non-hydrogen) atoms. The van der Waals surface area contributed by atoms with Crippen molar-refractivity contribution in [2.45, 2.75) is 38.9 Å². The summed E-state index contributed by atoms with van der Waals surface area (Å²) in [5.41, 5.74) is 1.91. The molecule has 0 aliphatic carbocycles. The summed E-state index contributed by atoms with van der Waals surface area (Å²) in [4.78, 5) is 21.3. The maximum atomic E-state index is 10.6. The van der Waals surface area contributed by atoms with Crippen molar-refractivity contribution in [1.29, 1.82) is 0 Å². The van der Waals surface area contributed by atoms with Crippen LogP contribution in [0, 0.1) is 0 Å². The van der Waals surface area contributed by atoms with Gasteiger partial charge in [0.15, 0.2) is 0 Å². The smallest absolute Gasteiger partial charge is 0.344 e. The van der Waals surface area contributed by atoms with Crippen LogP contribution in [0.4, 0.5) is 0 Å². The first-order valence-corrected chi connectivity index (χ1v) is 5.88. The molecule has 0 unspecified atom stereocenters. The average Bonchev–Trinajstić information content (AvgIpc) is 2.27. The van der Waals surface area contributed by atoms with E-state index in [1.54, 1.807) is 12.1 Å². The third-order valence-corrected chi connectivity index (χ3v) is 2.69. The minimum atomic E-state index is -1.83. The Labute approximate surface area is 111 Å². The van der Waals surface area contributed by atoms with Crippen molar-refractivity contribution in [1.82, 2.24) is 0 Å². The first kappa shape index (κ1) is 15.2. The fourth-order valence-electron chi connectivity index (χ4n) is 1.53. The molecule has 5 nitrogen and oxygen atoms in total. The largest absolute Gasteiger partial charge is 0.479 e. The minimum absolute atomic E-state index is 0.0318. The van der Waals surface area contributed by atoms with Crippen molar-refractivity contribution in [2.75, 3.05) is 0 Å². The predicted molar refractivity (Wildman–Crippen MR) is 69.0 cm³/mol. The van der Waals surface area contributed by atoms with E-state index in [1.165, 1.54) is 0 Å². The van der Waals surface area contributed by atoms with Crippen molar-refractivity contribution in [3.63, 3.8) is 0 Å². The lowest BCUT2D eigenvalue weighted by atomic mass is 9.87. The molecule has 0 aliphatic rings. The van der Waals surface area contributed by atoms with Gasteiger partial charge in [0.05, 0.1) is 6.61 Å². The molecule has 0 saturated carbocycles. The van der Waals surface area contributed by atoms with E-state index in [2.05, 4.69) is 20.8 Å². The van der Waals surface area contributed by atoms with Gasteiger partial charge in [-0.25, -0.2) is 9.59 Å². The SMILES string of the molecule is CC(C)(C)c1ccc(COC(C(=O)O)C(=O)O)cc1. The molecule has 0 spiro atoms. The van der Waals surface area contributed by atoms with Gasteiger partial charge in [-0.2, -0.15) is 0 Å². The standard InChI is InChI=1S/C14H18O5/c1-14(2,3)10-6-4-9(5-7-10)8-19-11(12(15)16)13(17)18/h4-7,11H,8H2,1-3H3,(H,15,16)(H,17,18). The zero-order chi connectivity index (χ0) is 14.6. The van der Waals surface area contributed by atoms with Crippen molar-refractivity contribution in [3.8, 4) is 0 Å². The van der Waals surface area contributed by atoms with Crippen LogP contribution in [0.25, 0.3) is 0 Å². The summed E-state index contributed by atoms with van der Waals surface area (Å²) in [6, 6.07) is 7.47. The molecule has 0 aromatic heterocycles. The van der Waals surface area contributed by atoms with Crippen LogP contribution in [0.15, 0.2) is 24.3 Å². The van der Waals surface area contributed by atoms with Gasteiger partial charge >= 0.3 is 11.9 Å². The molecule has 0 amide bonds. The zero-order valence-corrected chi connectivity index (χ0v) is 11.2. The zero-order valence-electron chi connectivity index (χ0n) is 11.2. The van der Waals surface area contributed by atoms with E-state index in [9.17, 15) is 9.59 Å². The number of aliphatic carboxylic acids is 2. The molecule has 0 bridgehead atoms. The number of rotatable bonds is 5. The molecule has 104 valence electrons. The van der Waals surface area contributed by atoms with Crippen LogP contribution in [0.2, 0.25) is 0 Å². The van der Waals surface area contributed by atoms with E-state index >= 15 is 0 Å². The molecule has 0 radical (unpaired) electrons. The number of carboxylic acid groups (broad SMARTS) is 2. The Hall–Kier alpha value is -1.88. The Morgan fingerprint density at radius 1 is 1.11 bits per heavy atom. The van der Waals surface area contributed by atoms with Gasteiger partial charge in [-0.15, -0.1) is 0 Å². The molecule has 0 saturated heterocycles. The highest BCUT2D eigenvalue weighted by Gasteiger charge is 2.26. The third kappa shape index (κ3) is 4.37. The van der Waals surface area contributed by atoms with E-state index in [0.29, 0.717) is 0 Å². The second-order valence-electron chi connectivity index (χ2n) is 5.31. The molecule has 1 aromatic rings. The van der Waals surface area contributed by atoms with Gasteiger partial charge in [-0.1, -0.05) is 45.0 Å². The highest BCUT2D eigenvalue weighted by molar-refractivity contribution is 5.95. The lowest BCUT2D eigenvalue weighted by Gasteiger charge is -2.19. The number of ether oxygens (including phenoxy) is 1. The van der Waals surface area contributed by atoms with Crippen LogP contribution in [0.5, 0.6) is 0 Å². The van der Waals surface area contributed by atoms with Gasteiger partial charge in [-0.3, -0.25) is 0 Å². The van der Waals surface area contributed by atoms with Crippen LogP contribution >= 0.6 is 0 Å². The maximum absolute atomic E-state index is 10.6. The van der Waals surface area contributed by atoms with Crippen molar-refractivity contribution in [3.05, 3.63) is 35.4 Å². The van der Waals surface area contributed by atoms with Crippen molar-refractivity contribution in [2.24, 2.45) is 0 Å². The number of carboxylic acids is 2. The number of hydrogen-bond donors (Lipinski definition) is 2. The first-order valence-electron chi connectivity index (χ1n) is 5.88. The molecule has 1 aromatic carbocycles. The highest BCUT2D eigenvalue weighted by Crippen LogP contribution is 2.22. The average molecular weight is 266 g/mol. The van der Waals surface area contributed by atoms with Crippen molar-refractivity contribution < 1.29 is 24.5 Å². The Morgan fingerprint density at radius 3 is 1.95 bits per heavy atom. The summed E-state index contributed by atoms with van der Waals surface area (Å²) in [6.07, 6.45) is -1.83. The fraction of sp³-hybridized carbons (Fsp3) is 0.429. The molecule has 0 aliphatic heterocycles. The number of carbonyl (C=O) groups is 2. The Bertz CT molecular complexity index is 442. The van der Waals surface area contributed by atoms with Gasteiger partial charge in [0, 0.05) is 0 Å². The van der Waals surface area contributed by atoms with Crippen molar-refractivity contribution >= 4 is 11.9 Å². The molecular weight excluding hydrogens is 248 g/mol. The molecule has 2 N–H and O–H groups in total. The monoisotopic (exact) mass is 266 g/mol. The van der Waals surface area contributed by atoms with Crippen LogP contribution in [-0.2, 0) is 26.3 Å². The predicted octanol–water partition coefficient (Wildman–Crippen LogP) is 2.04. The maximum Gasteiger partial charge on any atom is 0.344 e. The van der Waals surface area contributed by atoms with Gasteiger partial charge in [0.2, 0.25) is 0 Å². The highest BCUT2D eigenvalue weighted by atomic mass is 16.5. The first-order chi connectivity index (χ1) is 8.71. The van der Waals surface area contributed by atoms with E-state index in [0.717, 1.165) is 11.1 Å². The Kier molecular flexibility index (Phi) is 4.67. The summed E-state index contributed by atoms with van der Waals surface area (Å²) in [7, 11) is 0. The summed E-state index contributed by atoms with van der Waals surface area (Å²) in [5, 5.41) is 17.3. The fourth-order valence-corrected chi connectivity index (χ4v) is 1.53. The van der Waals surface area contributed by atoms with Gasteiger partial charge in [0.25, 0.3) is 6.10 Å². The summed E-state index contributed by atoms with van der Waals surface area (Å²) in [5.74, 6) is -3.00. The Morgan fingerprint density at radius 2 is 1.58 bits per heavy atom. The molecule has 1 rings (SSSR count). The summed E-state index contributed by atoms with van der Waals surface area (Å²) in [6.45, 7) is 6.21. The van der Waals surface area contributed by atoms with E-state index in [-0.39, 0.29) is 12.0 Å². The second-order valence-corrected chi connectivity index (χ2v) is 5.31. The van der Waals surface area contributed by atoms with Crippen LogP contribution in [0.3, 0.4) is 0 Å².